The highest BCUT2D eigenvalue weighted by Crippen LogP contribution is 2.34. The molecule has 1 fully saturated rings. The summed E-state index contributed by atoms with van der Waals surface area (Å²) in [6, 6.07) is -0.401. The topological polar surface area (TPSA) is 95.1 Å². The highest BCUT2D eigenvalue weighted by molar-refractivity contribution is 7.91. The smallest absolute Gasteiger partial charge is 0.258 e. The van der Waals surface area contributed by atoms with Crippen molar-refractivity contribution in [2.24, 2.45) is 0 Å². The van der Waals surface area contributed by atoms with Crippen LogP contribution >= 0.6 is 11.6 Å². The average Bonchev–Trinajstić information content (AvgIpc) is 2.80. The van der Waals surface area contributed by atoms with Gasteiger partial charge in [-0.2, -0.15) is 5.10 Å². The number of hydrogen-bond acceptors (Lipinski definition) is 5. The van der Waals surface area contributed by atoms with E-state index < -0.39 is 20.8 Å². The molecule has 0 bridgehead atoms. The summed E-state index contributed by atoms with van der Waals surface area (Å²) < 4.78 is 24.2. The zero-order chi connectivity index (χ0) is 14.2. The number of halogens is 1. The molecule has 0 saturated carbocycles. The molecule has 9 heteroatoms. The molecule has 7 nitrogen and oxygen atoms in total. The number of hydrogen-bond donors (Lipinski definition) is 0. The minimum absolute atomic E-state index is 0.0584. The van der Waals surface area contributed by atoms with Gasteiger partial charge in [-0.1, -0.05) is 24.9 Å². The van der Waals surface area contributed by atoms with E-state index in [2.05, 4.69) is 5.10 Å². The normalized spacial score (nSPS) is 21.7. The maximum absolute atomic E-state index is 11.5. The maximum atomic E-state index is 11.5. The number of aromatic nitrogens is 2. The lowest BCUT2D eigenvalue weighted by atomic mass is 10.2. The molecule has 0 radical (unpaired) electrons. The summed E-state index contributed by atoms with van der Waals surface area (Å²) in [6.45, 7) is 1.89. The molecule has 1 aromatic rings. The van der Waals surface area contributed by atoms with Crippen LogP contribution in [0.25, 0.3) is 0 Å². The zero-order valence-electron chi connectivity index (χ0n) is 10.4. The van der Waals surface area contributed by atoms with Crippen LogP contribution in [0.4, 0.5) is 5.69 Å². The summed E-state index contributed by atoms with van der Waals surface area (Å²) in [5.41, 5.74) is 0.120. The predicted molar refractivity (Wildman–Crippen MR) is 70.2 cm³/mol. The Bertz CT molecular complexity index is 611. The first kappa shape index (κ1) is 14.3. The zero-order valence-corrected chi connectivity index (χ0v) is 11.9. The number of nitro groups is 1. The van der Waals surface area contributed by atoms with Crippen molar-refractivity contribution in [1.82, 2.24) is 9.78 Å². The second-order valence-electron chi connectivity index (χ2n) is 4.59. The van der Waals surface area contributed by atoms with E-state index >= 15 is 0 Å². The molecule has 0 aliphatic carbocycles. The standard InChI is InChI=1S/C10H14ClN3O4S/c1-2-3-8-9(14(15)16)10(11)13(12-8)7-4-5-19(17,18)6-7/h7H,2-6H2,1H3. The molecule has 1 unspecified atom stereocenters. The third-order valence-electron chi connectivity index (χ3n) is 3.12. The van der Waals surface area contributed by atoms with Crippen molar-refractivity contribution in [2.45, 2.75) is 32.2 Å². The number of aryl methyl sites for hydroxylation is 1. The third kappa shape index (κ3) is 2.74. The van der Waals surface area contributed by atoms with E-state index in [4.69, 9.17) is 11.6 Å². The van der Waals surface area contributed by atoms with Crippen LogP contribution < -0.4 is 0 Å². The molecule has 0 N–H and O–H groups in total. The van der Waals surface area contributed by atoms with Crippen molar-refractivity contribution in [1.29, 1.82) is 0 Å². The van der Waals surface area contributed by atoms with E-state index in [1.807, 2.05) is 6.92 Å². The van der Waals surface area contributed by atoms with Crippen LogP contribution in [0, 0.1) is 10.1 Å². The molecule has 1 saturated heterocycles. The summed E-state index contributed by atoms with van der Waals surface area (Å²) in [4.78, 5) is 10.5. The Kier molecular flexibility index (Phi) is 3.82. The fourth-order valence-corrected chi connectivity index (χ4v) is 4.29. The van der Waals surface area contributed by atoms with Gasteiger partial charge in [0, 0.05) is 0 Å². The van der Waals surface area contributed by atoms with Crippen LogP contribution in [0.1, 0.15) is 31.5 Å². The van der Waals surface area contributed by atoms with Crippen molar-refractivity contribution < 1.29 is 13.3 Å². The first-order valence-electron chi connectivity index (χ1n) is 5.97. The lowest BCUT2D eigenvalue weighted by Gasteiger charge is -2.08. The monoisotopic (exact) mass is 307 g/mol. The van der Waals surface area contributed by atoms with Gasteiger partial charge < -0.3 is 0 Å². The number of rotatable bonds is 4. The minimum Gasteiger partial charge on any atom is -0.258 e. The van der Waals surface area contributed by atoms with Crippen LogP contribution in [0.5, 0.6) is 0 Å². The van der Waals surface area contributed by atoms with Crippen molar-refractivity contribution in [3.63, 3.8) is 0 Å². The van der Waals surface area contributed by atoms with Crippen LogP contribution in [0.3, 0.4) is 0 Å². The van der Waals surface area contributed by atoms with E-state index in [0.29, 0.717) is 25.0 Å². The first-order valence-corrected chi connectivity index (χ1v) is 8.17. The van der Waals surface area contributed by atoms with Crippen molar-refractivity contribution in [3.05, 3.63) is 21.0 Å². The van der Waals surface area contributed by atoms with Gasteiger partial charge in [-0.25, -0.2) is 13.1 Å². The van der Waals surface area contributed by atoms with Gasteiger partial charge in [0.2, 0.25) is 5.15 Å². The van der Waals surface area contributed by atoms with Crippen molar-refractivity contribution >= 4 is 27.1 Å². The van der Waals surface area contributed by atoms with Crippen LogP contribution in [-0.2, 0) is 16.3 Å². The van der Waals surface area contributed by atoms with Crippen molar-refractivity contribution in [3.8, 4) is 0 Å². The SMILES string of the molecule is CCCc1nn(C2CCS(=O)(=O)C2)c(Cl)c1[N+](=O)[O-]. The summed E-state index contributed by atoms with van der Waals surface area (Å²) in [5.74, 6) is 0.0158. The molecule has 2 rings (SSSR count). The summed E-state index contributed by atoms with van der Waals surface area (Å²) >= 11 is 6.00. The molecule has 1 aromatic heterocycles. The van der Waals surface area contributed by atoms with E-state index in [1.165, 1.54) is 4.68 Å². The van der Waals surface area contributed by atoms with Crippen LogP contribution in [0.15, 0.2) is 0 Å². The lowest BCUT2D eigenvalue weighted by molar-refractivity contribution is -0.385. The Balaban J connectivity index is 2.42. The molecule has 2 heterocycles. The molecule has 106 valence electrons. The maximum Gasteiger partial charge on any atom is 0.329 e. The summed E-state index contributed by atoms with van der Waals surface area (Å²) in [6.07, 6.45) is 1.55. The van der Waals surface area contributed by atoms with Crippen molar-refractivity contribution in [2.75, 3.05) is 11.5 Å². The Morgan fingerprint density at radius 3 is 2.74 bits per heavy atom. The fourth-order valence-electron chi connectivity index (χ4n) is 2.24. The Morgan fingerprint density at radius 2 is 2.26 bits per heavy atom. The van der Waals surface area contributed by atoms with Crippen LogP contribution in [-0.4, -0.2) is 34.6 Å². The van der Waals surface area contributed by atoms with Crippen LogP contribution in [0.2, 0.25) is 5.15 Å². The number of nitrogens with zero attached hydrogens (tertiary/aromatic N) is 3. The largest absolute Gasteiger partial charge is 0.329 e. The first-order chi connectivity index (χ1) is 8.85. The third-order valence-corrected chi connectivity index (χ3v) is 5.22. The Morgan fingerprint density at radius 1 is 1.58 bits per heavy atom. The number of sulfone groups is 1. The summed E-state index contributed by atoms with van der Waals surface area (Å²) in [5, 5.41) is 15.1. The molecule has 19 heavy (non-hydrogen) atoms. The molecular formula is C10H14ClN3O4S. The highest BCUT2D eigenvalue weighted by Gasteiger charge is 2.35. The van der Waals surface area contributed by atoms with Gasteiger partial charge in [0.15, 0.2) is 9.84 Å². The summed E-state index contributed by atoms with van der Waals surface area (Å²) in [7, 11) is -3.09. The molecule has 0 spiro atoms. The Labute approximate surface area is 115 Å². The van der Waals surface area contributed by atoms with Gasteiger partial charge in [0.1, 0.15) is 5.69 Å². The van der Waals surface area contributed by atoms with E-state index in [9.17, 15) is 18.5 Å². The van der Waals surface area contributed by atoms with E-state index in [0.717, 1.165) is 0 Å². The molecule has 1 aliphatic rings. The molecule has 1 atom stereocenters. The van der Waals surface area contributed by atoms with Gasteiger partial charge in [0.05, 0.1) is 22.5 Å². The second-order valence-corrected chi connectivity index (χ2v) is 7.18. The quantitative estimate of drug-likeness (QED) is 0.624. The van der Waals surface area contributed by atoms with Gasteiger partial charge >= 0.3 is 5.69 Å². The Hall–Kier alpha value is -1.15. The minimum atomic E-state index is -3.09. The van der Waals surface area contributed by atoms with Gasteiger partial charge in [-0.3, -0.25) is 10.1 Å². The fraction of sp³-hybridized carbons (Fsp3) is 0.700. The molecule has 0 aromatic carbocycles. The van der Waals surface area contributed by atoms with Gasteiger partial charge in [0.25, 0.3) is 0 Å². The van der Waals surface area contributed by atoms with E-state index in [1.54, 1.807) is 0 Å². The molecule has 0 amide bonds. The second kappa shape index (κ2) is 5.09. The molecule has 1 aliphatic heterocycles. The van der Waals surface area contributed by atoms with Gasteiger partial charge in [-0.15, -0.1) is 0 Å². The average molecular weight is 308 g/mol. The van der Waals surface area contributed by atoms with E-state index in [-0.39, 0.29) is 22.3 Å². The highest BCUT2D eigenvalue weighted by atomic mass is 35.5. The molecular weight excluding hydrogens is 294 g/mol. The lowest BCUT2D eigenvalue weighted by Crippen LogP contribution is -2.12. The van der Waals surface area contributed by atoms with Gasteiger partial charge in [-0.05, 0) is 12.8 Å². The predicted octanol–water partition coefficient (Wildman–Crippen LogP) is 1.76.